The number of aromatic nitrogens is 1. The molecule has 0 saturated heterocycles. The lowest BCUT2D eigenvalue weighted by Gasteiger charge is -2.25. The molecule has 2 atom stereocenters. The predicted octanol–water partition coefficient (Wildman–Crippen LogP) is 5.36. The second-order valence-corrected chi connectivity index (χ2v) is 10.7. The van der Waals surface area contributed by atoms with Crippen LogP contribution in [-0.2, 0) is 17.8 Å². The number of amides is 1. The highest BCUT2D eigenvalue weighted by Gasteiger charge is 2.31. The highest BCUT2D eigenvalue weighted by molar-refractivity contribution is 7.76. The topological polar surface area (TPSA) is 122 Å². The Bertz CT molecular complexity index is 1320. The normalized spacial score (nSPS) is 15.0. The molecule has 2 unspecified atom stereocenters. The third-order valence-corrected chi connectivity index (χ3v) is 7.83. The van der Waals surface area contributed by atoms with Gasteiger partial charge in [-0.1, -0.05) is 43.2 Å². The Morgan fingerprint density at radius 3 is 2.68 bits per heavy atom. The number of furan rings is 1. The van der Waals surface area contributed by atoms with Crippen LogP contribution in [0.15, 0.2) is 34.7 Å². The van der Waals surface area contributed by atoms with Gasteiger partial charge >= 0.3 is 0 Å². The van der Waals surface area contributed by atoms with Crippen molar-refractivity contribution in [2.24, 2.45) is 5.92 Å². The molecule has 2 aromatic heterocycles. The van der Waals surface area contributed by atoms with E-state index in [0.717, 1.165) is 42.4 Å². The molecule has 0 aliphatic heterocycles. The highest BCUT2D eigenvalue weighted by atomic mass is 32.2. The van der Waals surface area contributed by atoms with Crippen LogP contribution in [0.1, 0.15) is 78.5 Å². The number of carbonyl (C=O) groups excluding carboxylic acids is 1. The van der Waals surface area contributed by atoms with E-state index in [0.29, 0.717) is 53.4 Å². The summed E-state index contributed by atoms with van der Waals surface area (Å²) in [7, 11) is 1.59. The van der Waals surface area contributed by atoms with Crippen LogP contribution in [0, 0.1) is 24.2 Å². The van der Waals surface area contributed by atoms with E-state index in [9.17, 15) is 13.6 Å². The van der Waals surface area contributed by atoms with Crippen LogP contribution in [0.25, 0.3) is 22.4 Å². The van der Waals surface area contributed by atoms with E-state index < -0.39 is 11.3 Å². The Balaban J connectivity index is 1.69. The number of hydrogen-bond acceptors (Lipinski definition) is 6. The third-order valence-electron chi connectivity index (χ3n) is 7.09. The molecule has 37 heavy (non-hydrogen) atoms. The van der Waals surface area contributed by atoms with E-state index in [1.807, 2.05) is 44.2 Å². The molecule has 0 radical (unpaired) electrons. The summed E-state index contributed by atoms with van der Waals surface area (Å²) >= 11 is -2.42. The van der Waals surface area contributed by atoms with Crippen LogP contribution in [0.5, 0.6) is 0 Å². The number of hydrogen-bond donors (Lipinski definition) is 1. The van der Waals surface area contributed by atoms with Crippen molar-refractivity contribution in [1.82, 2.24) is 14.6 Å². The number of benzene rings is 1. The number of carbonyl (C=O) groups is 1. The molecule has 1 aliphatic rings. The van der Waals surface area contributed by atoms with Gasteiger partial charge in [0.05, 0.1) is 29.3 Å². The summed E-state index contributed by atoms with van der Waals surface area (Å²) in [5, 5.41) is 12.3. The molecule has 0 bridgehead atoms. The molecule has 9 heteroatoms. The fourth-order valence-electron chi connectivity index (χ4n) is 4.72. The number of pyridine rings is 1. The zero-order chi connectivity index (χ0) is 26.5. The molecular weight excluding hydrogens is 488 g/mol. The Morgan fingerprint density at radius 1 is 1.35 bits per heavy atom. The number of nitrogens with one attached hydrogen (secondary N) is 1. The second-order valence-electron chi connectivity index (χ2n) is 9.76. The number of nitriles is 1. The smallest absolute Gasteiger partial charge is 0.255 e. The molecule has 1 saturated carbocycles. The van der Waals surface area contributed by atoms with Gasteiger partial charge in [0.1, 0.15) is 5.76 Å². The molecule has 1 aromatic carbocycles. The average Bonchev–Trinajstić information content (AvgIpc) is 3.67. The molecular formula is C28H33N4O4S-. The van der Waals surface area contributed by atoms with Crippen molar-refractivity contribution in [2.75, 3.05) is 13.6 Å². The summed E-state index contributed by atoms with van der Waals surface area (Å²) in [5.41, 5.74) is 4.28. The van der Waals surface area contributed by atoms with Crippen LogP contribution < -0.4 is 5.32 Å². The van der Waals surface area contributed by atoms with Crippen LogP contribution in [0.3, 0.4) is 0 Å². The van der Waals surface area contributed by atoms with Gasteiger partial charge in [0.2, 0.25) is 5.71 Å². The van der Waals surface area contributed by atoms with Crippen molar-refractivity contribution in [2.45, 2.75) is 64.8 Å². The van der Waals surface area contributed by atoms with Crippen molar-refractivity contribution >= 4 is 28.3 Å². The number of rotatable bonds is 12. The standard InChI is InChI=1S/C28H34N4O4S/c1-4-19(13-14-29)6-5-15-32(37(34)35)17-24-22(20-11-12-20)16-23-25(27(33)30-3)26(36-28(23)31-24)21-9-7-18(2)8-10-21/h7-10,16,19-20H,4-6,11-13,15,17H2,1-3H3,(H,30,33)(H,34,35)/p-1. The first-order chi connectivity index (χ1) is 17.9. The van der Waals surface area contributed by atoms with Crippen molar-refractivity contribution in [3.8, 4) is 17.4 Å². The Morgan fingerprint density at radius 2 is 2.08 bits per heavy atom. The molecule has 8 nitrogen and oxygen atoms in total. The molecule has 1 fully saturated rings. The third kappa shape index (κ3) is 6.27. The monoisotopic (exact) mass is 521 g/mol. The molecule has 1 amide bonds. The van der Waals surface area contributed by atoms with Gasteiger partial charge in [-0.3, -0.25) is 9.00 Å². The fourth-order valence-corrected chi connectivity index (χ4v) is 5.22. The van der Waals surface area contributed by atoms with Gasteiger partial charge in [0, 0.05) is 36.8 Å². The van der Waals surface area contributed by atoms with E-state index in [-0.39, 0.29) is 18.4 Å². The summed E-state index contributed by atoms with van der Waals surface area (Å²) in [4.78, 5) is 17.7. The average molecular weight is 522 g/mol. The van der Waals surface area contributed by atoms with Gasteiger partial charge in [-0.15, -0.1) is 0 Å². The van der Waals surface area contributed by atoms with E-state index in [1.165, 1.54) is 4.31 Å². The summed E-state index contributed by atoms with van der Waals surface area (Å²) < 4.78 is 31.8. The Kier molecular flexibility index (Phi) is 8.75. The van der Waals surface area contributed by atoms with Crippen LogP contribution in [-0.4, -0.2) is 37.6 Å². The lowest BCUT2D eigenvalue weighted by atomic mass is 9.97. The van der Waals surface area contributed by atoms with Gasteiger partial charge < -0.3 is 14.3 Å². The van der Waals surface area contributed by atoms with Crippen molar-refractivity contribution in [3.05, 3.63) is 52.7 Å². The largest absolute Gasteiger partial charge is 0.760 e. The van der Waals surface area contributed by atoms with Crippen LogP contribution in [0.2, 0.25) is 0 Å². The van der Waals surface area contributed by atoms with Crippen molar-refractivity contribution in [3.63, 3.8) is 0 Å². The van der Waals surface area contributed by atoms with Crippen molar-refractivity contribution < 1.29 is 18.0 Å². The maximum atomic E-state index is 12.9. The first-order valence-corrected chi connectivity index (χ1v) is 13.9. The zero-order valence-electron chi connectivity index (χ0n) is 21.6. The molecule has 1 N–H and O–H groups in total. The maximum absolute atomic E-state index is 12.9. The minimum absolute atomic E-state index is 0.142. The fraction of sp³-hybridized carbons (Fsp3) is 0.464. The quantitative estimate of drug-likeness (QED) is 0.320. The van der Waals surface area contributed by atoms with Crippen molar-refractivity contribution in [1.29, 1.82) is 5.26 Å². The minimum atomic E-state index is -2.42. The van der Waals surface area contributed by atoms with E-state index in [1.54, 1.807) is 7.05 Å². The molecule has 0 spiro atoms. The first-order valence-electron chi connectivity index (χ1n) is 12.8. The van der Waals surface area contributed by atoms with Gasteiger partial charge in [-0.05, 0) is 56.1 Å². The second kappa shape index (κ2) is 12.0. The molecule has 2 heterocycles. The predicted molar refractivity (Wildman–Crippen MR) is 142 cm³/mol. The van der Waals surface area contributed by atoms with Gasteiger partial charge in [0.25, 0.3) is 5.91 Å². The molecule has 1 aliphatic carbocycles. The summed E-state index contributed by atoms with van der Waals surface area (Å²) in [6, 6.07) is 11.9. The highest BCUT2D eigenvalue weighted by Crippen LogP contribution is 2.44. The molecule has 4 rings (SSSR count). The van der Waals surface area contributed by atoms with Crippen LogP contribution in [0.4, 0.5) is 0 Å². The lowest BCUT2D eigenvalue weighted by molar-refractivity contribution is 0.0964. The number of nitrogens with zero attached hydrogens (tertiary/aromatic N) is 3. The van der Waals surface area contributed by atoms with E-state index in [4.69, 9.17) is 14.7 Å². The zero-order valence-corrected chi connectivity index (χ0v) is 22.4. The van der Waals surface area contributed by atoms with E-state index in [2.05, 4.69) is 11.4 Å². The number of fused-ring (bicyclic) bond motifs is 1. The van der Waals surface area contributed by atoms with E-state index >= 15 is 0 Å². The van der Waals surface area contributed by atoms with Gasteiger partial charge in [-0.2, -0.15) is 5.26 Å². The maximum Gasteiger partial charge on any atom is 0.255 e. The summed E-state index contributed by atoms with van der Waals surface area (Å²) in [6.07, 6.45) is 4.86. The minimum Gasteiger partial charge on any atom is -0.760 e. The Hall–Kier alpha value is -3.06. The lowest BCUT2D eigenvalue weighted by Crippen LogP contribution is -2.28. The Labute approximate surface area is 220 Å². The molecule has 3 aromatic rings. The summed E-state index contributed by atoms with van der Waals surface area (Å²) in [6.45, 7) is 4.55. The van der Waals surface area contributed by atoms with Gasteiger partial charge in [0.15, 0.2) is 0 Å². The summed E-state index contributed by atoms with van der Waals surface area (Å²) in [5.74, 6) is 0.767. The number of aryl methyl sites for hydroxylation is 1. The molecule has 196 valence electrons. The SMILES string of the molecule is CCC(CC#N)CCCN(Cc1nc2oc(-c3ccc(C)cc3)c(C(=O)NC)c2cc1C1CC1)S(=O)[O-]. The first kappa shape index (κ1) is 27.0. The van der Waals surface area contributed by atoms with Gasteiger partial charge in [-0.25, -0.2) is 9.29 Å². The van der Waals surface area contributed by atoms with Crippen LogP contribution >= 0.6 is 0 Å².